The number of ketones is 1. The molecule has 3 heteroatoms. The summed E-state index contributed by atoms with van der Waals surface area (Å²) in [6.45, 7) is 2.23. The predicted molar refractivity (Wildman–Crippen MR) is 70.2 cm³/mol. The summed E-state index contributed by atoms with van der Waals surface area (Å²) >= 11 is 0. The molecule has 2 rings (SSSR count). The molecule has 2 aliphatic rings. The fourth-order valence-corrected chi connectivity index (χ4v) is 3.38. The summed E-state index contributed by atoms with van der Waals surface area (Å²) in [5, 5.41) is 0. The standard InChI is InChI=1S/C14H26N2O/c1-15(2)11-12-7-6-10-16(12)13-8-4-3-5-9-14(13)17/h12-13H,3-11H2,1-2H3. The van der Waals surface area contributed by atoms with Crippen molar-refractivity contribution in [2.24, 2.45) is 0 Å². The second kappa shape index (κ2) is 5.96. The van der Waals surface area contributed by atoms with Crippen molar-refractivity contribution in [3.05, 3.63) is 0 Å². The van der Waals surface area contributed by atoms with E-state index in [0.717, 1.165) is 32.4 Å². The summed E-state index contributed by atoms with van der Waals surface area (Å²) in [5.74, 6) is 0.508. The van der Waals surface area contributed by atoms with Gasteiger partial charge in [0, 0.05) is 19.0 Å². The molecular formula is C14H26N2O. The SMILES string of the molecule is CN(C)CC1CCCN1C1CCCCCC1=O. The number of likely N-dealkylation sites (N-methyl/N-ethyl adjacent to an activating group) is 1. The first-order valence-electron chi connectivity index (χ1n) is 7.11. The minimum atomic E-state index is 0.241. The van der Waals surface area contributed by atoms with Gasteiger partial charge in [-0.3, -0.25) is 9.69 Å². The fraction of sp³-hybridized carbons (Fsp3) is 0.929. The maximum absolute atomic E-state index is 12.2. The Kier molecular flexibility index (Phi) is 4.57. The van der Waals surface area contributed by atoms with Gasteiger partial charge in [0.2, 0.25) is 0 Å². The highest BCUT2D eigenvalue weighted by atomic mass is 16.1. The van der Waals surface area contributed by atoms with Crippen LogP contribution in [0.1, 0.15) is 44.9 Å². The van der Waals surface area contributed by atoms with Crippen LogP contribution in [0.3, 0.4) is 0 Å². The Morgan fingerprint density at radius 2 is 2.00 bits per heavy atom. The first kappa shape index (κ1) is 13.0. The van der Waals surface area contributed by atoms with Crippen molar-refractivity contribution < 1.29 is 4.79 Å². The van der Waals surface area contributed by atoms with Crippen LogP contribution in [-0.2, 0) is 4.79 Å². The molecule has 0 amide bonds. The molecule has 2 atom stereocenters. The molecule has 2 fully saturated rings. The Morgan fingerprint density at radius 1 is 1.18 bits per heavy atom. The zero-order valence-corrected chi connectivity index (χ0v) is 11.3. The molecular weight excluding hydrogens is 212 g/mol. The summed E-state index contributed by atoms with van der Waals surface area (Å²) in [5.41, 5.74) is 0. The summed E-state index contributed by atoms with van der Waals surface area (Å²) in [4.78, 5) is 16.9. The highest BCUT2D eigenvalue weighted by Crippen LogP contribution is 2.27. The van der Waals surface area contributed by atoms with Crippen molar-refractivity contribution in [3.63, 3.8) is 0 Å². The molecule has 17 heavy (non-hydrogen) atoms. The van der Waals surface area contributed by atoms with Gasteiger partial charge in [0.25, 0.3) is 0 Å². The number of carbonyl (C=O) groups excluding carboxylic acids is 1. The molecule has 3 nitrogen and oxygen atoms in total. The minimum absolute atomic E-state index is 0.241. The molecule has 1 saturated heterocycles. The number of nitrogens with zero attached hydrogens (tertiary/aromatic N) is 2. The second-order valence-electron chi connectivity index (χ2n) is 5.88. The first-order valence-corrected chi connectivity index (χ1v) is 7.11. The van der Waals surface area contributed by atoms with Gasteiger partial charge < -0.3 is 4.90 Å². The van der Waals surface area contributed by atoms with Crippen molar-refractivity contribution in [1.29, 1.82) is 0 Å². The van der Waals surface area contributed by atoms with Crippen LogP contribution in [0.25, 0.3) is 0 Å². The normalized spacial score (nSPS) is 32.1. The lowest BCUT2D eigenvalue weighted by Gasteiger charge is -2.33. The molecule has 0 aromatic rings. The van der Waals surface area contributed by atoms with Crippen molar-refractivity contribution >= 4 is 5.78 Å². The van der Waals surface area contributed by atoms with E-state index in [1.807, 2.05) is 0 Å². The van der Waals surface area contributed by atoms with Crippen LogP contribution >= 0.6 is 0 Å². The molecule has 0 radical (unpaired) electrons. The third-order valence-corrected chi connectivity index (χ3v) is 4.17. The largest absolute Gasteiger partial charge is 0.308 e. The van der Waals surface area contributed by atoms with Gasteiger partial charge in [0.15, 0.2) is 0 Å². The quantitative estimate of drug-likeness (QED) is 0.702. The topological polar surface area (TPSA) is 23.6 Å². The van der Waals surface area contributed by atoms with E-state index in [1.54, 1.807) is 0 Å². The minimum Gasteiger partial charge on any atom is -0.308 e. The van der Waals surface area contributed by atoms with E-state index in [0.29, 0.717) is 11.8 Å². The number of rotatable bonds is 3. The van der Waals surface area contributed by atoms with Crippen molar-refractivity contribution in [1.82, 2.24) is 9.80 Å². The molecule has 0 aromatic heterocycles. The van der Waals surface area contributed by atoms with E-state index < -0.39 is 0 Å². The summed E-state index contributed by atoms with van der Waals surface area (Å²) < 4.78 is 0. The van der Waals surface area contributed by atoms with E-state index in [-0.39, 0.29) is 6.04 Å². The lowest BCUT2D eigenvalue weighted by atomic mass is 10.0. The molecule has 0 aromatic carbocycles. The number of hydrogen-bond acceptors (Lipinski definition) is 3. The maximum atomic E-state index is 12.2. The van der Waals surface area contributed by atoms with Crippen LogP contribution in [0.2, 0.25) is 0 Å². The van der Waals surface area contributed by atoms with E-state index in [1.165, 1.54) is 25.7 Å². The third kappa shape index (κ3) is 3.29. The van der Waals surface area contributed by atoms with Crippen LogP contribution in [-0.4, -0.2) is 54.9 Å². The van der Waals surface area contributed by atoms with Crippen molar-refractivity contribution in [3.8, 4) is 0 Å². The molecule has 1 saturated carbocycles. The molecule has 0 bridgehead atoms. The Hall–Kier alpha value is -0.410. The molecule has 0 N–H and O–H groups in total. The van der Waals surface area contributed by atoms with Gasteiger partial charge in [-0.25, -0.2) is 0 Å². The number of likely N-dealkylation sites (tertiary alicyclic amines) is 1. The van der Waals surface area contributed by atoms with Gasteiger partial charge in [-0.05, 0) is 46.3 Å². The van der Waals surface area contributed by atoms with Gasteiger partial charge in [-0.15, -0.1) is 0 Å². The molecule has 1 aliphatic carbocycles. The average molecular weight is 238 g/mol. The lowest BCUT2D eigenvalue weighted by molar-refractivity contribution is -0.124. The molecule has 1 heterocycles. The van der Waals surface area contributed by atoms with Gasteiger partial charge >= 0.3 is 0 Å². The summed E-state index contributed by atoms with van der Waals surface area (Å²) in [6.07, 6.45) is 8.04. The zero-order chi connectivity index (χ0) is 12.3. The van der Waals surface area contributed by atoms with Gasteiger partial charge in [-0.1, -0.05) is 12.8 Å². The number of hydrogen-bond donors (Lipinski definition) is 0. The second-order valence-corrected chi connectivity index (χ2v) is 5.88. The Labute approximate surface area is 105 Å². The Balaban J connectivity index is 2.00. The molecule has 2 unspecified atom stereocenters. The van der Waals surface area contributed by atoms with E-state index in [4.69, 9.17) is 0 Å². The van der Waals surface area contributed by atoms with Crippen LogP contribution in [0.4, 0.5) is 0 Å². The predicted octanol–water partition coefficient (Wildman–Crippen LogP) is 1.91. The highest BCUT2D eigenvalue weighted by Gasteiger charge is 2.34. The Morgan fingerprint density at radius 3 is 2.76 bits per heavy atom. The highest BCUT2D eigenvalue weighted by molar-refractivity contribution is 5.84. The summed E-state index contributed by atoms with van der Waals surface area (Å²) in [6, 6.07) is 0.849. The van der Waals surface area contributed by atoms with Gasteiger partial charge in [0.05, 0.1) is 6.04 Å². The van der Waals surface area contributed by atoms with Gasteiger partial charge in [0.1, 0.15) is 5.78 Å². The van der Waals surface area contributed by atoms with Crippen molar-refractivity contribution in [2.45, 2.75) is 57.0 Å². The number of carbonyl (C=O) groups is 1. The van der Waals surface area contributed by atoms with Crippen LogP contribution in [0.5, 0.6) is 0 Å². The average Bonchev–Trinajstić information content (AvgIpc) is 2.59. The lowest BCUT2D eigenvalue weighted by Crippen LogP contribution is -2.47. The first-order chi connectivity index (χ1) is 8.18. The van der Waals surface area contributed by atoms with E-state index in [9.17, 15) is 4.79 Å². The van der Waals surface area contributed by atoms with Crippen LogP contribution in [0.15, 0.2) is 0 Å². The molecule has 1 aliphatic heterocycles. The number of Topliss-reactive ketones (excluding diaryl/α,β-unsaturated/α-hetero) is 1. The smallest absolute Gasteiger partial charge is 0.149 e. The Bertz CT molecular complexity index is 265. The van der Waals surface area contributed by atoms with Crippen LogP contribution in [0, 0.1) is 0 Å². The van der Waals surface area contributed by atoms with Crippen LogP contribution < -0.4 is 0 Å². The fourth-order valence-electron chi connectivity index (χ4n) is 3.38. The monoisotopic (exact) mass is 238 g/mol. The van der Waals surface area contributed by atoms with Crippen molar-refractivity contribution in [2.75, 3.05) is 27.2 Å². The molecule has 98 valence electrons. The molecule has 0 spiro atoms. The van der Waals surface area contributed by atoms with E-state index in [2.05, 4.69) is 23.9 Å². The third-order valence-electron chi connectivity index (χ3n) is 4.17. The summed E-state index contributed by atoms with van der Waals surface area (Å²) in [7, 11) is 4.26. The maximum Gasteiger partial charge on any atom is 0.149 e. The van der Waals surface area contributed by atoms with E-state index >= 15 is 0 Å². The van der Waals surface area contributed by atoms with Gasteiger partial charge in [-0.2, -0.15) is 0 Å². The zero-order valence-electron chi connectivity index (χ0n) is 11.3.